The zero-order valence-electron chi connectivity index (χ0n) is 11.0. The lowest BCUT2D eigenvalue weighted by Crippen LogP contribution is -2.54. The van der Waals surface area contributed by atoms with Gasteiger partial charge >= 0.3 is 5.97 Å². The highest BCUT2D eigenvalue weighted by molar-refractivity contribution is 5.86. The van der Waals surface area contributed by atoms with Gasteiger partial charge in [0.25, 0.3) is 0 Å². The number of rotatable bonds is 5. The number of esters is 1. The van der Waals surface area contributed by atoms with E-state index in [-0.39, 0.29) is 23.7 Å². The Labute approximate surface area is 102 Å². The van der Waals surface area contributed by atoms with E-state index in [1.54, 1.807) is 20.9 Å². The van der Waals surface area contributed by atoms with Crippen LogP contribution in [0.3, 0.4) is 0 Å². The minimum Gasteiger partial charge on any atom is -0.469 e. The molecule has 5 nitrogen and oxygen atoms in total. The molecule has 17 heavy (non-hydrogen) atoms. The van der Waals surface area contributed by atoms with Gasteiger partial charge in [-0.05, 0) is 25.7 Å². The fraction of sp³-hybridized carbons (Fsp3) is 0.833. The van der Waals surface area contributed by atoms with Crippen molar-refractivity contribution in [3.8, 4) is 0 Å². The topological polar surface area (TPSA) is 72.6 Å². The van der Waals surface area contributed by atoms with Crippen LogP contribution in [-0.2, 0) is 14.3 Å². The predicted octanol–water partition coefficient (Wildman–Crippen LogP) is 0.381. The van der Waals surface area contributed by atoms with E-state index < -0.39 is 5.54 Å². The van der Waals surface area contributed by atoms with Gasteiger partial charge in [-0.3, -0.25) is 9.59 Å². The maximum absolute atomic E-state index is 12.1. The lowest BCUT2D eigenvalue weighted by atomic mass is 9.95. The summed E-state index contributed by atoms with van der Waals surface area (Å²) in [6.45, 7) is 3.85. The number of carbonyl (C=O) groups is 2. The highest BCUT2D eigenvalue weighted by Gasteiger charge is 2.45. The zero-order chi connectivity index (χ0) is 13.2. The van der Waals surface area contributed by atoms with E-state index >= 15 is 0 Å². The van der Waals surface area contributed by atoms with Crippen LogP contribution < -0.4 is 5.73 Å². The van der Waals surface area contributed by atoms with E-state index in [1.807, 2.05) is 0 Å². The number of hydrogen-bond acceptors (Lipinski definition) is 4. The van der Waals surface area contributed by atoms with Gasteiger partial charge in [-0.25, -0.2) is 0 Å². The van der Waals surface area contributed by atoms with Crippen molar-refractivity contribution in [2.24, 2.45) is 17.6 Å². The zero-order valence-corrected chi connectivity index (χ0v) is 11.0. The lowest BCUT2D eigenvalue weighted by molar-refractivity contribution is -0.146. The van der Waals surface area contributed by atoms with E-state index in [9.17, 15) is 9.59 Å². The molecule has 1 saturated carbocycles. The van der Waals surface area contributed by atoms with E-state index in [1.165, 1.54) is 12.0 Å². The number of likely N-dealkylation sites (N-methyl/N-ethyl adjacent to an activating group) is 1. The summed E-state index contributed by atoms with van der Waals surface area (Å²) in [5.41, 5.74) is 5.24. The summed E-state index contributed by atoms with van der Waals surface area (Å²) < 4.78 is 4.63. The minimum absolute atomic E-state index is 0.101. The third kappa shape index (κ3) is 3.19. The van der Waals surface area contributed by atoms with Crippen molar-refractivity contribution in [2.45, 2.75) is 32.2 Å². The van der Waals surface area contributed by atoms with Gasteiger partial charge in [-0.15, -0.1) is 0 Å². The molecule has 2 N–H and O–H groups in total. The van der Waals surface area contributed by atoms with Gasteiger partial charge in [-0.2, -0.15) is 0 Å². The van der Waals surface area contributed by atoms with E-state index in [0.29, 0.717) is 6.54 Å². The largest absolute Gasteiger partial charge is 0.469 e. The molecular formula is C12H22N2O3. The van der Waals surface area contributed by atoms with Crippen molar-refractivity contribution >= 4 is 11.9 Å². The number of methoxy groups -OCH3 is 1. The van der Waals surface area contributed by atoms with Crippen molar-refractivity contribution in [2.75, 3.05) is 20.7 Å². The molecule has 0 aromatic rings. The molecule has 5 heteroatoms. The lowest BCUT2D eigenvalue weighted by Gasteiger charge is -2.30. The molecular weight excluding hydrogens is 220 g/mol. The first-order valence-electron chi connectivity index (χ1n) is 5.93. The van der Waals surface area contributed by atoms with Crippen LogP contribution in [0.5, 0.6) is 0 Å². The van der Waals surface area contributed by atoms with Crippen LogP contribution in [0.1, 0.15) is 26.7 Å². The normalized spacial score (nSPS) is 20.3. The highest BCUT2D eigenvalue weighted by Crippen LogP contribution is 2.38. The fourth-order valence-corrected chi connectivity index (χ4v) is 2.04. The molecule has 0 saturated heterocycles. The summed E-state index contributed by atoms with van der Waals surface area (Å²) in [4.78, 5) is 24.9. The summed E-state index contributed by atoms with van der Waals surface area (Å²) in [5.74, 6) is -0.458. The van der Waals surface area contributed by atoms with Crippen LogP contribution in [0.4, 0.5) is 0 Å². The number of hydrogen-bond donors (Lipinski definition) is 1. The van der Waals surface area contributed by atoms with Gasteiger partial charge in [0.2, 0.25) is 5.91 Å². The average Bonchev–Trinajstić information content (AvgIpc) is 3.10. The standard InChI is InChI=1S/C12H22N2O3/c1-8(10(15)17-4)7-14(3)11(16)12(2,13)9-5-6-9/h8-9H,5-7,13H2,1-4H3. The molecule has 1 aliphatic carbocycles. The van der Waals surface area contributed by atoms with E-state index in [0.717, 1.165) is 12.8 Å². The van der Waals surface area contributed by atoms with Gasteiger partial charge in [0.15, 0.2) is 0 Å². The molecule has 1 fully saturated rings. The Balaban J connectivity index is 2.55. The van der Waals surface area contributed by atoms with Crippen LogP contribution in [-0.4, -0.2) is 43.0 Å². The molecule has 98 valence electrons. The Morgan fingerprint density at radius 3 is 2.47 bits per heavy atom. The van der Waals surface area contributed by atoms with Gasteiger partial charge < -0.3 is 15.4 Å². The first-order valence-corrected chi connectivity index (χ1v) is 5.93. The second-order valence-electron chi connectivity index (χ2n) is 5.17. The van der Waals surface area contributed by atoms with Gasteiger partial charge in [0.05, 0.1) is 18.6 Å². The summed E-state index contributed by atoms with van der Waals surface area (Å²) in [5, 5.41) is 0. The molecule has 0 aliphatic heterocycles. The molecule has 1 rings (SSSR count). The molecule has 0 radical (unpaired) electrons. The van der Waals surface area contributed by atoms with Crippen molar-refractivity contribution in [3.05, 3.63) is 0 Å². The minimum atomic E-state index is -0.801. The second-order valence-corrected chi connectivity index (χ2v) is 5.17. The van der Waals surface area contributed by atoms with E-state index in [2.05, 4.69) is 4.74 Å². The monoisotopic (exact) mass is 242 g/mol. The second kappa shape index (κ2) is 5.04. The van der Waals surface area contributed by atoms with Crippen LogP contribution in [0, 0.1) is 11.8 Å². The summed E-state index contributed by atoms with van der Waals surface area (Å²) >= 11 is 0. The maximum atomic E-state index is 12.1. The van der Waals surface area contributed by atoms with Crippen LogP contribution in [0.25, 0.3) is 0 Å². The van der Waals surface area contributed by atoms with Gasteiger partial charge in [0, 0.05) is 13.6 Å². The highest BCUT2D eigenvalue weighted by atomic mass is 16.5. The van der Waals surface area contributed by atoms with Crippen molar-refractivity contribution in [3.63, 3.8) is 0 Å². The van der Waals surface area contributed by atoms with E-state index in [4.69, 9.17) is 5.73 Å². The predicted molar refractivity (Wildman–Crippen MR) is 64.1 cm³/mol. The quantitative estimate of drug-likeness (QED) is 0.707. The fourth-order valence-electron chi connectivity index (χ4n) is 2.04. The Hall–Kier alpha value is -1.10. The number of carbonyl (C=O) groups excluding carboxylic acids is 2. The molecule has 2 unspecified atom stereocenters. The SMILES string of the molecule is COC(=O)C(C)CN(C)C(=O)C(C)(N)C1CC1. The maximum Gasteiger partial charge on any atom is 0.310 e. The third-order valence-corrected chi connectivity index (χ3v) is 3.38. The molecule has 0 bridgehead atoms. The summed E-state index contributed by atoms with van der Waals surface area (Å²) in [6.07, 6.45) is 2.03. The average molecular weight is 242 g/mol. The Morgan fingerprint density at radius 2 is 2.06 bits per heavy atom. The first kappa shape index (κ1) is 14.0. The van der Waals surface area contributed by atoms with Gasteiger partial charge in [-0.1, -0.05) is 6.92 Å². The Kier molecular flexibility index (Phi) is 4.14. The van der Waals surface area contributed by atoms with Crippen LogP contribution in [0.15, 0.2) is 0 Å². The Morgan fingerprint density at radius 1 is 1.53 bits per heavy atom. The molecule has 0 heterocycles. The van der Waals surface area contributed by atoms with Crippen molar-refractivity contribution in [1.29, 1.82) is 0 Å². The van der Waals surface area contributed by atoms with Crippen molar-refractivity contribution < 1.29 is 14.3 Å². The smallest absolute Gasteiger partial charge is 0.310 e. The number of amides is 1. The number of ether oxygens (including phenoxy) is 1. The molecule has 1 amide bonds. The molecule has 2 atom stereocenters. The summed E-state index contributed by atoms with van der Waals surface area (Å²) in [7, 11) is 3.02. The molecule has 0 aromatic heterocycles. The summed E-state index contributed by atoms with van der Waals surface area (Å²) in [6, 6.07) is 0. The van der Waals surface area contributed by atoms with Crippen LogP contribution >= 0.6 is 0 Å². The molecule has 0 spiro atoms. The Bertz CT molecular complexity index is 311. The number of nitrogens with two attached hydrogens (primary N) is 1. The molecule has 1 aliphatic rings. The van der Waals surface area contributed by atoms with Crippen molar-refractivity contribution in [1.82, 2.24) is 4.90 Å². The molecule has 0 aromatic carbocycles. The number of nitrogens with zero attached hydrogens (tertiary/aromatic N) is 1. The third-order valence-electron chi connectivity index (χ3n) is 3.38. The first-order chi connectivity index (χ1) is 7.80. The van der Waals surface area contributed by atoms with Crippen LogP contribution in [0.2, 0.25) is 0 Å². The van der Waals surface area contributed by atoms with Gasteiger partial charge in [0.1, 0.15) is 0 Å².